The molecule has 170 valence electrons. The fourth-order valence-electron chi connectivity index (χ4n) is 4.98. The highest BCUT2D eigenvalue weighted by Crippen LogP contribution is 2.55. The predicted octanol–water partition coefficient (Wildman–Crippen LogP) is 4.79. The lowest BCUT2D eigenvalue weighted by Crippen LogP contribution is -2.48. The summed E-state index contributed by atoms with van der Waals surface area (Å²) in [5, 5.41) is 10.3. The first-order valence-corrected chi connectivity index (χ1v) is 11.5. The van der Waals surface area contributed by atoms with Crippen molar-refractivity contribution in [2.75, 3.05) is 5.32 Å². The van der Waals surface area contributed by atoms with Crippen LogP contribution in [0, 0.1) is 31.6 Å². The molecule has 0 aliphatic heterocycles. The van der Waals surface area contributed by atoms with E-state index in [-0.39, 0.29) is 17.7 Å². The van der Waals surface area contributed by atoms with Gasteiger partial charge in [0, 0.05) is 23.1 Å². The van der Waals surface area contributed by atoms with E-state index in [0.717, 1.165) is 29.7 Å². The number of benzene rings is 1. The minimum absolute atomic E-state index is 0.119. The number of carbonyl (C=O) groups excluding carboxylic acids is 2. The molecule has 2 aliphatic rings. The quantitative estimate of drug-likeness (QED) is 0.546. The maximum absolute atomic E-state index is 13.3. The Morgan fingerprint density at radius 3 is 2.42 bits per heavy atom. The van der Waals surface area contributed by atoms with Crippen molar-refractivity contribution in [3.63, 3.8) is 0 Å². The number of nitrogens with one attached hydrogen (secondary N) is 2. The number of hydrogen-bond donors (Lipinski definition) is 2. The van der Waals surface area contributed by atoms with Crippen LogP contribution in [0.15, 0.2) is 47.3 Å². The smallest absolute Gasteiger partial charge is 0.257 e. The average Bonchev–Trinajstić information content (AvgIpc) is 3.16. The van der Waals surface area contributed by atoms with E-state index in [9.17, 15) is 9.59 Å². The number of hydrogen-bond acceptors (Lipinski definition) is 5. The number of anilines is 1. The van der Waals surface area contributed by atoms with Crippen molar-refractivity contribution in [1.29, 1.82) is 0 Å². The Morgan fingerprint density at radius 2 is 1.79 bits per heavy atom. The summed E-state index contributed by atoms with van der Waals surface area (Å²) in [5.41, 5.74) is 4.14. The van der Waals surface area contributed by atoms with Crippen LogP contribution >= 0.6 is 11.6 Å². The molecule has 2 unspecified atom stereocenters. The van der Waals surface area contributed by atoms with Crippen molar-refractivity contribution in [1.82, 2.24) is 15.5 Å². The second-order valence-electron chi connectivity index (χ2n) is 9.07. The molecule has 0 spiro atoms. The Balaban J connectivity index is 1.33. The third-order valence-corrected chi connectivity index (χ3v) is 7.16. The first kappa shape index (κ1) is 21.6. The van der Waals surface area contributed by atoms with E-state index in [2.05, 4.69) is 20.8 Å². The molecule has 2 heterocycles. The highest BCUT2D eigenvalue weighted by Gasteiger charge is 2.49. The number of fused-ring (bicyclic) bond motifs is 1. The van der Waals surface area contributed by atoms with E-state index < -0.39 is 6.04 Å². The Labute approximate surface area is 196 Å². The summed E-state index contributed by atoms with van der Waals surface area (Å²) in [5.74, 6) is 0.935. The van der Waals surface area contributed by atoms with Crippen LogP contribution in [0.25, 0.3) is 11.1 Å². The third kappa shape index (κ3) is 4.37. The number of pyridine rings is 1. The van der Waals surface area contributed by atoms with Gasteiger partial charge in [0.2, 0.25) is 5.91 Å². The monoisotopic (exact) mass is 464 g/mol. The van der Waals surface area contributed by atoms with Crippen LogP contribution in [0.3, 0.4) is 0 Å². The van der Waals surface area contributed by atoms with Gasteiger partial charge in [0.1, 0.15) is 17.9 Å². The van der Waals surface area contributed by atoms with Gasteiger partial charge in [-0.3, -0.25) is 14.6 Å². The molecule has 3 aromatic rings. The van der Waals surface area contributed by atoms with E-state index in [4.69, 9.17) is 16.1 Å². The molecule has 0 saturated heterocycles. The van der Waals surface area contributed by atoms with Gasteiger partial charge in [-0.05, 0) is 74.6 Å². The molecular formula is C25H25ClN4O3. The number of aryl methyl sites for hydroxylation is 2. The summed E-state index contributed by atoms with van der Waals surface area (Å²) >= 11 is 6.36. The molecule has 2 fully saturated rings. The molecule has 8 heteroatoms. The molecule has 2 amide bonds. The second-order valence-corrected chi connectivity index (χ2v) is 9.48. The highest BCUT2D eigenvalue weighted by molar-refractivity contribution is 6.33. The molecule has 33 heavy (non-hydrogen) atoms. The topological polar surface area (TPSA) is 97.1 Å². The first-order valence-electron chi connectivity index (χ1n) is 11.1. The zero-order valence-electron chi connectivity index (χ0n) is 18.5. The second kappa shape index (κ2) is 8.63. The summed E-state index contributed by atoms with van der Waals surface area (Å²) < 4.78 is 4.89. The zero-order valence-corrected chi connectivity index (χ0v) is 19.2. The Morgan fingerprint density at radius 1 is 1.06 bits per heavy atom. The lowest BCUT2D eigenvalue weighted by molar-refractivity contribution is -0.119. The standard InChI is InChI=1S/C25H25ClN4O3/c1-13-20(12-33-30-13)24(31)29-23(18-10-16-9-17(16)11-18)25(32)28-19-5-3-15(4-6-19)22-14(2)27-8-7-21(22)26/h3-8,12,16-18,23H,9-11H2,1-2H3,(H,28,32)(H,29,31)/t16-,17+,18?,23?. The number of nitrogens with zero attached hydrogens (tertiary/aromatic N) is 2. The number of aromatic nitrogens is 2. The summed E-state index contributed by atoms with van der Waals surface area (Å²) in [6, 6.07) is 8.63. The Kier molecular flexibility index (Phi) is 5.66. The molecular weight excluding hydrogens is 440 g/mol. The number of carbonyl (C=O) groups is 2. The van der Waals surface area contributed by atoms with Crippen molar-refractivity contribution in [2.24, 2.45) is 17.8 Å². The van der Waals surface area contributed by atoms with Gasteiger partial charge in [-0.1, -0.05) is 28.9 Å². The highest BCUT2D eigenvalue weighted by atomic mass is 35.5. The van der Waals surface area contributed by atoms with Gasteiger partial charge in [0.25, 0.3) is 5.91 Å². The molecule has 4 atom stereocenters. The molecule has 2 aromatic heterocycles. The van der Waals surface area contributed by atoms with Crippen molar-refractivity contribution < 1.29 is 14.1 Å². The van der Waals surface area contributed by atoms with Crippen molar-refractivity contribution in [3.8, 4) is 11.1 Å². The fraction of sp³-hybridized carbons (Fsp3) is 0.360. The van der Waals surface area contributed by atoms with E-state index in [1.807, 2.05) is 31.2 Å². The van der Waals surface area contributed by atoms with Gasteiger partial charge in [0.05, 0.1) is 10.7 Å². The van der Waals surface area contributed by atoms with E-state index in [1.54, 1.807) is 19.2 Å². The molecule has 2 N–H and O–H groups in total. The van der Waals surface area contributed by atoms with Crippen molar-refractivity contribution in [3.05, 3.63) is 64.8 Å². The minimum atomic E-state index is -0.616. The van der Waals surface area contributed by atoms with Gasteiger partial charge in [-0.2, -0.15) is 0 Å². The first-order chi connectivity index (χ1) is 15.9. The van der Waals surface area contributed by atoms with Crippen LogP contribution in [0.4, 0.5) is 5.69 Å². The van der Waals surface area contributed by atoms with Crippen LogP contribution in [0.5, 0.6) is 0 Å². The van der Waals surface area contributed by atoms with Crippen LogP contribution in [0.1, 0.15) is 41.0 Å². The lowest BCUT2D eigenvalue weighted by atomic mass is 9.93. The van der Waals surface area contributed by atoms with Gasteiger partial charge < -0.3 is 15.2 Å². The normalized spacial score (nSPS) is 21.8. The average molecular weight is 465 g/mol. The van der Waals surface area contributed by atoms with Gasteiger partial charge in [-0.25, -0.2) is 0 Å². The molecule has 5 rings (SSSR count). The molecule has 0 radical (unpaired) electrons. The summed E-state index contributed by atoms with van der Waals surface area (Å²) in [7, 11) is 0. The fourth-order valence-corrected chi connectivity index (χ4v) is 5.29. The zero-order chi connectivity index (χ0) is 23.1. The minimum Gasteiger partial charge on any atom is -0.364 e. The summed E-state index contributed by atoms with van der Waals surface area (Å²) in [4.78, 5) is 30.4. The maximum Gasteiger partial charge on any atom is 0.257 e. The van der Waals surface area contributed by atoms with Crippen molar-refractivity contribution in [2.45, 2.75) is 39.2 Å². The number of amides is 2. The van der Waals surface area contributed by atoms with E-state index >= 15 is 0 Å². The van der Waals surface area contributed by atoms with Gasteiger partial charge in [-0.15, -0.1) is 0 Å². The number of rotatable bonds is 6. The molecule has 7 nitrogen and oxygen atoms in total. The lowest BCUT2D eigenvalue weighted by Gasteiger charge is -2.25. The van der Waals surface area contributed by atoms with Crippen LogP contribution < -0.4 is 10.6 Å². The van der Waals surface area contributed by atoms with Crippen LogP contribution in [0.2, 0.25) is 5.02 Å². The van der Waals surface area contributed by atoms with Crippen LogP contribution in [-0.2, 0) is 4.79 Å². The predicted molar refractivity (Wildman–Crippen MR) is 125 cm³/mol. The third-order valence-electron chi connectivity index (χ3n) is 6.85. The summed E-state index contributed by atoms with van der Waals surface area (Å²) in [6.07, 6.45) is 6.16. The Hall–Kier alpha value is -3.19. The molecule has 2 saturated carbocycles. The van der Waals surface area contributed by atoms with Gasteiger partial charge in [0.15, 0.2) is 0 Å². The van der Waals surface area contributed by atoms with Gasteiger partial charge >= 0.3 is 0 Å². The molecule has 2 aliphatic carbocycles. The van der Waals surface area contributed by atoms with Crippen molar-refractivity contribution >= 4 is 29.1 Å². The number of halogens is 1. The largest absolute Gasteiger partial charge is 0.364 e. The molecule has 1 aromatic carbocycles. The maximum atomic E-state index is 13.3. The Bertz CT molecular complexity index is 1180. The molecule has 0 bridgehead atoms. The van der Waals surface area contributed by atoms with Crippen LogP contribution in [-0.4, -0.2) is 28.0 Å². The van der Waals surface area contributed by atoms with E-state index in [1.165, 1.54) is 12.7 Å². The SMILES string of the molecule is Cc1nocc1C(=O)NC(C(=O)Nc1ccc(-c2c(Cl)ccnc2C)cc1)C1C[C@@H]2C[C@@H]2C1. The van der Waals surface area contributed by atoms with E-state index in [0.29, 0.717) is 33.8 Å². The summed E-state index contributed by atoms with van der Waals surface area (Å²) in [6.45, 7) is 3.61.